The maximum absolute atomic E-state index is 11.3. The average Bonchev–Trinajstić information content (AvgIpc) is 2.35. The summed E-state index contributed by atoms with van der Waals surface area (Å²) >= 11 is 0. The second-order valence-electron chi connectivity index (χ2n) is 5.21. The summed E-state index contributed by atoms with van der Waals surface area (Å²) in [5, 5.41) is 2.49. The van der Waals surface area contributed by atoms with Crippen molar-refractivity contribution in [3.63, 3.8) is 0 Å². The molecule has 0 unspecified atom stereocenters. The molecule has 21 heavy (non-hydrogen) atoms. The van der Waals surface area contributed by atoms with Gasteiger partial charge in [0.05, 0.1) is 5.75 Å². The van der Waals surface area contributed by atoms with Crippen molar-refractivity contribution in [2.24, 2.45) is 0 Å². The monoisotopic (exact) mass is 330 g/mol. The Balaban J connectivity index is 0. The van der Waals surface area contributed by atoms with Gasteiger partial charge < -0.3 is 5.32 Å². The van der Waals surface area contributed by atoms with Crippen molar-refractivity contribution in [2.75, 3.05) is 12.3 Å². The molecule has 1 amide bonds. The van der Waals surface area contributed by atoms with Gasteiger partial charge in [0.2, 0.25) is 5.91 Å². The Morgan fingerprint density at radius 3 is 1.90 bits per heavy atom. The van der Waals surface area contributed by atoms with Gasteiger partial charge in [0.25, 0.3) is 10.1 Å². The molecule has 1 radical (unpaired) electrons. The zero-order valence-electron chi connectivity index (χ0n) is 13.6. The van der Waals surface area contributed by atoms with E-state index in [0.29, 0.717) is 6.42 Å². The summed E-state index contributed by atoms with van der Waals surface area (Å²) < 4.78 is 29.4. The van der Waals surface area contributed by atoms with Gasteiger partial charge in [0.1, 0.15) is 0 Å². The molecule has 0 aromatic carbocycles. The zero-order valence-corrected chi connectivity index (χ0v) is 16.4. The quantitative estimate of drug-likeness (QED) is 0.309. The third-order valence-electron chi connectivity index (χ3n) is 3.19. The van der Waals surface area contributed by atoms with E-state index in [9.17, 15) is 13.2 Å². The summed E-state index contributed by atoms with van der Waals surface area (Å²) in [5.74, 6) is -0.562. The van der Waals surface area contributed by atoms with Gasteiger partial charge in [-0.1, -0.05) is 58.3 Å². The minimum atomic E-state index is -3.98. The molecule has 5 nitrogen and oxygen atoms in total. The van der Waals surface area contributed by atoms with E-state index in [1.165, 1.54) is 38.5 Å². The van der Waals surface area contributed by atoms with Crippen molar-refractivity contribution in [1.82, 2.24) is 5.32 Å². The zero-order chi connectivity index (χ0) is 15.3. The van der Waals surface area contributed by atoms with E-state index < -0.39 is 15.9 Å². The Hall–Kier alpha value is 0.380. The average molecular weight is 330 g/mol. The fourth-order valence-corrected chi connectivity index (χ4v) is 2.36. The van der Waals surface area contributed by atoms with E-state index in [1.807, 2.05) is 0 Å². The maximum atomic E-state index is 11.3. The Labute approximate surface area is 151 Å². The van der Waals surface area contributed by atoms with Crippen molar-refractivity contribution in [1.29, 1.82) is 0 Å². The van der Waals surface area contributed by atoms with Crippen LogP contribution in [0.4, 0.5) is 0 Å². The van der Waals surface area contributed by atoms with Gasteiger partial charge in [-0.2, -0.15) is 8.42 Å². The third-order valence-corrected chi connectivity index (χ3v) is 3.91. The predicted octanol–water partition coefficient (Wildman–Crippen LogP) is 2.53. The van der Waals surface area contributed by atoms with Gasteiger partial charge >= 0.3 is 0 Å². The number of hydrogen-bond donors (Lipinski definition) is 2. The van der Waals surface area contributed by atoms with Crippen LogP contribution in [-0.2, 0) is 14.9 Å². The van der Waals surface area contributed by atoms with Gasteiger partial charge in [-0.3, -0.25) is 9.35 Å². The van der Waals surface area contributed by atoms with Crippen LogP contribution in [0.2, 0.25) is 0 Å². The number of nitrogens with one attached hydrogen (secondary N) is 1. The maximum Gasteiger partial charge on any atom is 0.266 e. The minimum absolute atomic E-state index is 0. The molecular weight excluding hydrogens is 301 g/mol. The van der Waals surface area contributed by atoms with Crippen LogP contribution < -0.4 is 5.32 Å². The molecule has 2 N–H and O–H groups in total. The summed E-state index contributed by atoms with van der Waals surface area (Å²) in [6, 6.07) is 0. The summed E-state index contributed by atoms with van der Waals surface area (Å²) in [4.78, 5) is 11.3. The molecule has 0 saturated carbocycles. The number of carbonyl (C=O) groups is 1. The van der Waals surface area contributed by atoms with Crippen LogP contribution in [0.25, 0.3) is 0 Å². The molecule has 121 valence electrons. The smallest absolute Gasteiger partial charge is 0.266 e. The van der Waals surface area contributed by atoms with E-state index >= 15 is 0 Å². The number of unbranched alkanes of at least 4 members (excludes halogenated alkanes) is 8. The molecule has 0 aliphatic rings. The van der Waals surface area contributed by atoms with Crippen LogP contribution in [0.3, 0.4) is 0 Å². The first-order chi connectivity index (χ1) is 9.45. The van der Waals surface area contributed by atoms with E-state index in [0.717, 1.165) is 19.3 Å². The second kappa shape index (κ2) is 15.3. The van der Waals surface area contributed by atoms with Crippen molar-refractivity contribution < 1.29 is 17.8 Å². The van der Waals surface area contributed by atoms with Crippen molar-refractivity contribution in [3.8, 4) is 0 Å². The fraction of sp³-hybridized carbons (Fsp3) is 0.929. The molecule has 7 heteroatoms. The summed E-state index contributed by atoms with van der Waals surface area (Å²) in [6.45, 7) is 2.19. The fourth-order valence-electron chi connectivity index (χ4n) is 2.00. The molecular formula is C14H29NNaO4S. The van der Waals surface area contributed by atoms with E-state index in [2.05, 4.69) is 12.2 Å². The van der Waals surface area contributed by atoms with E-state index in [4.69, 9.17) is 4.55 Å². The van der Waals surface area contributed by atoms with Crippen LogP contribution in [0.5, 0.6) is 0 Å². The Morgan fingerprint density at radius 2 is 1.43 bits per heavy atom. The van der Waals surface area contributed by atoms with E-state index in [-0.39, 0.29) is 42.0 Å². The third kappa shape index (κ3) is 20.4. The number of hydrogen-bond acceptors (Lipinski definition) is 3. The topological polar surface area (TPSA) is 83.5 Å². The van der Waals surface area contributed by atoms with Gasteiger partial charge in [-0.15, -0.1) is 0 Å². The van der Waals surface area contributed by atoms with Crippen LogP contribution in [0.1, 0.15) is 71.1 Å². The largest absolute Gasteiger partial charge is 0.355 e. The second-order valence-corrected chi connectivity index (χ2v) is 6.79. The molecule has 0 atom stereocenters. The predicted molar refractivity (Wildman–Crippen MR) is 87.0 cm³/mol. The SMILES string of the molecule is CCCCCCCCCCCC(=O)NCCS(=O)(=O)O.[Na]. The van der Waals surface area contributed by atoms with Crippen molar-refractivity contribution >= 4 is 45.6 Å². The molecule has 0 aliphatic heterocycles. The molecule has 0 aromatic rings. The molecule has 0 aromatic heterocycles. The normalized spacial score (nSPS) is 11.0. The van der Waals surface area contributed by atoms with Gasteiger partial charge in [-0.05, 0) is 6.42 Å². The molecule has 0 heterocycles. The van der Waals surface area contributed by atoms with E-state index in [1.54, 1.807) is 0 Å². The molecule has 0 saturated heterocycles. The number of carbonyl (C=O) groups excluding carboxylic acids is 1. The first kappa shape index (κ1) is 23.6. The summed E-state index contributed by atoms with van der Waals surface area (Å²) in [5.41, 5.74) is 0. The van der Waals surface area contributed by atoms with Gasteiger partial charge in [0, 0.05) is 42.5 Å². The molecule has 0 bridgehead atoms. The van der Waals surface area contributed by atoms with Gasteiger partial charge in [0.15, 0.2) is 0 Å². The minimum Gasteiger partial charge on any atom is -0.355 e. The Bertz CT molecular complexity index is 347. The Kier molecular flexibility index (Phi) is 17.2. The van der Waals surface area contributed by atoms with Crippen molar-refractivity contribution in [2.45, 2.75) is 71.1 Å². The molecule has 0 spiro atoms. The molecule has 0 aliphatic carbocycles. The van der Waals surface area contributed by atoms with Crippen LogP contribution in [0, 0.1) is 0 Å². The number of rotatable bonds is 13. The summed E-state index contributed by atoms with van der Waals surface area (Å²) in [6.07, 6.45) is 11.2. The van der Waals surface area contributed by atoms with Crippen LogP contribution in [-0.4, -0.2) is 60.7 Å². The number of amides is 1. The standard InChI is InChI=1S/C14H29NO4S.Na/c1-2-3-4-5-6-7-8-9-10-11-14(16)15-12-13-20(17,18)19;/h2-13H2,1H3,(H,15,16)(H,17,18,19);. The van der Waals surface area contributed by atoms with Crippen molar-refractivity contribution in [3.05, 3.63) is 0 Å². The first-order valence-corrected chi connectivity index (χ1v) is 9.28. The summed E-state index contributed by atoms with van der Waals surface area (Å²) in [7, 11) is -3.98. The van der Waals surface area contributed by atoms with Crippen LogP contribution in [0.15, 0.2) is 0 Å². The molecule has 0 rings (SSSR count). The van der Waals surface area contributed by atoms with Gasteiger partial charge in [-0.25, -0.2) is 0 Å². The first-order valence-electron chi connectivity index (χ1n) is 7.67. The molecule has 0 fully saturated rings. The Morgan fingerprint density at radius 1 is 0.952 bits per heavy atom. The van der Waals surface area contributed by atoms with Crippen LogP contribution >= 0.6 is 0 Å².